The molecule has 0 radical (unpaired) electrons. The first kappa shape index (κ1) is 8.90. The fourth-order valence-corrected chi connectivity index (χ4v) is 1.27. The van der Waals surface area contributed by atoms with Gasteiger partial charge in [0, 0.05) is 12.4 Å². The molecule has 72 valence electrons. The Balaban J connectivity index is 2.25. The molecule has 0 aliphatic rings. The molecule has 0 saturated heterocycles. The molecule has 0 unspecified atom stereocenters. The molecule has 0 aliphatic carbocycles. The molecule has 0 bridgehead atoms. The van der Waals surface area contributed by atoms with Gasteiger partial charge in [0.15, 0.2) is 5.82 Å². The number of nitrogens with two attached hydrogens (primary N) is 1. The van der Waals surface area contributed by atoms with E-state index in [1.807, 2.05) is 30.6 Å². The number of nitrogens with zero attached hydrogens (tertiary/aromatic N) is 3. The molecule has 0 amide bonds. The van der Waals surface area contributed by atoms with Crippen molar-refractivity contribution < 1.29 is 0 Å². The molecular formula is C10H12N4. The maximum atomic E-state index is 5.46. The van der Waals surface area contributed by atoms with E-state index in [2.05, 4.69) is 10.1 Å². The van der Waals surface area contributed by atoms with Crippen molar-refractivity contribution in [3.05, 3.63) is 42.4 Å². The molecule has 0 aliphatic heterocycles. The summed E-state index contributed by atoms with van der Waals surface area (Å²) in [6.07, 6.45) is 6.38. The first-order chi connectivity index (χ1) is 6.90. The van der Waals surface area contributed by atoms with Crippen molar-refractivity contribution in [2.24, 2.45) is 5.73 Å². The molecule has 2 heterocycles. The monoisotopic (exact) mass is 188 g/mol. The van der Waals surface area contributed by atoms with Gasteiger partial charge in [0.25, 0.3) is 0 Å². The highest BCUT2D eigenvalue weighted by molar-refractivity contribution is 5.22. The van der Waals surface area contributed by atoms with E-state index in [1.54, 1.807) is 10.9 Å². The van der Waals surface area contributed by atoms with Gasteiger partial charge in [-0.3, -0.25) is 0 Å². The third kappa shape index (κ3) is 1.80. The summed E-state index contributed by atoms with van der Waals surface area (Å²) < 4.78 is 1.75. The summed E-state index contributed by atoms with van der Waals surface area (Å²) in [7, 11) is 0. The summed E-state index contributed by atoms with van der Waals surface area (Å²) in [5.41, 5.74) is 6.59. The van der Waals surface area contributed by atoms with Gasteiger partial charge in [0.1, 0.15) is 0 Å². The zero-order valence-corrected chi connectivity index (χ0v) is 7.80. The van der Waals surface area contributed by atoms with Gasteiger partial charge in [0.05, 0.1) is 6.20 Å². The molecule has 2 aromatic rings. The van der Waals surface area contributed by atoms with Gasteiger partial charge in [-0.15, -0.1) is 0 Å². The lowest BCUT2D eigenvalue weighted by Crippen LogP contribution is -2.01. The first-order valence-corrected chi connectivity index (χ1v) is 4.55. The third-order valence-electron chi connectivity index (χ3n) is 1.95. The van der Waals surface area contributed by atoms with Crippen LogP contribution in [0, 0.1) is 0 Å². The van der Waals surface area contributed by atoms with E-state index in [0.717, 1.165) is 17.8 Å². The molecular weight excluding hydrogens is 176 g/mol. The number of rotatable bonds is 3. The van der Waals surface area contributed by atoms with E-state index in [4.69, 9.17) is 5.73 Å². The van der Waals surface area contributed by atoms with Gasteiger partial charge in [-0.2, -0.15) is 5.10 Å². The van der Waals surface area contributed by atoms with Crippen LogP contribution < -0.4 is 5.73 Å². The summed E-state index contributed by atoms with van der Waals surface area (Å²) in [6, 6.07) is 5.74. The lowest BCUT2D eigenvalue weighted by Gasteiger charge is -1.97. The summed E-state index contributed by atoms with van der Waals surface area (Å²) in [5.74, 6) is 0.829. The van der Waals surface area contributed by atoms with Crippen LogP contribution in [0.2, 0.25) is 0 Å². The van der Waals surface area contributed by atoms with E-state index < -0.39 is 0 Å². The van der Waals surface area contributed by atoms with Crippen LogP contribution in [0.15, 0.2) is 36.8 Å². The number of hydrogen-bond acceptors (Lipinski definition) is 3. The Morgan fingerprint density at radius 2 is 2.29 bits per heavy atom. The predicted molar refractivity (Wildman–Crippen MR) is 54.1 cm³/mol. The smallest absolute Gasteiger partial charge is 0.153 e. The quantitative estimate of drug-likeness (QED) is 0.774. The fraction of sp³-hybridized carbons (Fsp3) is 0.200. The Morgan fingerprint density at radius 3 is 3.00 bits per heavy atom. The molecule has 2 aromatic heterocycles. The molecule has 0 fully saturated rings. The van der Waals surface area contributed by atoms with E-state index in [0.29, 0.717) is 6.54 Å². The van der Waals surface area contributed by atoms with Gasteiger partial charge in [0.2, 0.25) is 0 Å². The zero-order valence-electron chi connectivity index (χ0n) is 7.80. The van der Waals surface area contributed by atoms with Crippen molar-refractivity contribution in [1.29, 1.82) is 0 Å². The van der Waals surface area contributed by atoms with Crippen LogP contribution in [0.25, 0.3) is 5.82 Å². The SMILES string of the molecule is NCCc1cnn(-c2ccccn2)c1. The molecule has 0 saturated carbocycles. The van der Waals surface area contributed by atoms with Crippen molar-refractivity contribution in [2.75, 3.05) is 6.54 Å². The van der Waals surface area contributed by atoms with E-state index >= 15 is 0 Å². The topological polar surface area (TPSA) is 56.7 Å². The zero-order chi connectivity index (χ0) is 9.80. The Hall–Kier alpha value is -1.68. The van der Waals surface area contributed by atoms with E-state index in [1.165, 1.54) is 0 Å². The van der Waals surface area contributed by atoms with Crippen molar-refractivity contribution in [2.45, 2.75) is 6.42 Å². The van der Waals surface area contributed by atoms with Crippen molar-refractivity contribution >= 4 is 0 Å². The van der Waals surface area contributed by atoms with Crippen LogP contribution in [0.4, 0.5) is 0 Å². The molecule has 2 rings (SSSR count). The second kappa shape index (κ2) is 4.02. The minimum absolute atomic E-state index is 0.647. The lowest BCUT2D eigenvalue weighted by atomic mass is 10.3. The van der Waals surface area contributed by atoms with Crippen molar-refractivity contribution in [3.8, 4) is 5.82 Å². The van der Waals surface area contributed by atoms with Gasteiger partial charge in [-0.1, -0.05) is 6.07 Å². The van der Waals surface area contributed by atoms with Gasteiger partial charge in [-0.25, -0.2) is 9.67 Å². The van der Waals surface area contributed by atoms with Crippen molar-refractivity contribution in [3.63, 3.8) is 0 Å². The minimum Gasteiger partial charge on any atom is -0.330 e. The van der Waals surface area contributed by atoms with Gasteiger partial charge in [-0.05, 0) is 30.7 Å². The highest BCUT2D eigenvalue weighted by Gasteiger charge is 1.99. The number of aromatic nitrogens is 3. The van der Waals surface area contributed by atoms with Crippen molar-refractivity contribution in [1.82, 2.24) is 14.8 Å². The molecule has 4 nitrogen and oxygen atoms in total. The average molecular weight is 188 g/mol. The minimum atomic E-state index is 0.647. The molecule has 0 aromatic carbocycles. The van der Waals surface area contributed by atoms with Gasteiger partial charge >= 0.3 is 0 Å². The standard InChI is InChI=1S/C10H12N4/c11-5-4-9-7-13-14(8-9)10-3-1-2-6-12-10/h1-3,6-8H,4-5,11H2. The summed E-state index contributed by atoms with van der Waals surface area (Å²) >= 11 is 0. The van der Waals surface area contributed by atoms with Crippen LogP contribution >= 0.6 is 0 Å². The second-order valence-corrected chi connectivity index (χ2v) is 3.02. The lowest BCUT2D eigenvalue weighted by molar-refractivity contribution is 0.845. The van der Waals surface area contributed by atoms with Crippen LogP contribution in [0.3, 0.4) is 0 Å². The number of hydrogen-bond donors (Lipinski definition) is 1. The Labute approximate surface area is 82.4 Å². The Morgan fingerprint density at radius 1 is 1.36 bits per heavy atom. The normalized spacial score (nSPS) is 10.4. The molecule has 0 atom stereocenters. The fourth-order valence-electron chi connectivity index (χ4n) is 1.27. The molecule has 14 heavy (non-hydrogen) atoms. The Kier molecular flexibility index (Phi) is 2.55. The highest BCUT2D eigenvalue weighted by atomic mass is 15.3. The molecule has 2 N–H and O–H groups in total. The Bertz CT molecular complexity index is 394. The predicted octanol–water partition coefficient (Wildman–Crippen LogP) is 0.768. The first-order valence-electron chi connectivity index (χ1n) is 4.55. The summed E-state index contributed by atoms with van der Waals surface area (Å²) in [4.78, 5) is 4.19. The third-order valence-corrected chi connectivity index (χ3v) is 1.95. The number of pyridine rings is 1. The van der Waals surface area contributed by atoms with Gasteiger partial charge < -0.3 is 5.73 Å². The highest BCUT2D eigenvalue weighted by Crippen LogP contribution is 2.04. The van der Waals surface area contributed by atoms with Crippen LogP contribution in [0.1, 0.15) is 5.56 Å². The second-order valence-electron chi connectivity index (χ2n) is 3.02. The molecule has 4 heteroatoms. The average Bonchev–Trinajstić information content (AvgIpc) is 2.68. The largest absolute Gasteiger partial charge is 0.330 e. The van der Waals surface area contributed by atoms with E-state index in [-0.39, 0.29) is 0 Å². The van der Waals surface area contributed by atoms with Crippen LogP contribution in [-0.4, -0.2) is 21.3 Å². The maximum absolute atomic E-state index is 5.46. The summed E-state index contributed by atoms with van der Waals surface area (Å²) in [6.45, 7) is 0.647. The van der Waals surface area contributed by atoms with Crippen LogP contribution in [-0.2, 0) is 6.42 Å². The van der Waals surface area contributed by atoms with Crippen LogP contribution in [0.5, 0.6) is 0 Å². The molecule has 0 spiro atoms. The maximum Gasteiger partial charge on any atom is 0.153 e. The van der Waals surface area contributed by atoms with E-state index in [9.17, 15) is 0 Å². The summed E-state index contributed by atoms with van der Waals surface area (Å²) in [5, 5.41) is 4.20.